The Bertz CT molecular complexity index is 602. The van der Waals surface area contributed by atoms with Crippen LogP contribution in [0.15, 0.2) is 24.4 Å². The summed E-state index contributed by atoms with van der Waals surface area (Å²) >= 11 is 7.34. The predicted molar refractivity (Wildman–Crippen MR) is 75.0 cm³/mol. The molecule has 0 saturated carbocycles. The average molecular weight is 297 g/mol. The summed E-state index contributed by atoms with van der Waals surface area (Å²) in [4.78, 5) is 4.26. The SMILES string of the molecule is COc1ccc2c(c1)OC(c1ncc(Cl)s1)C[C@@H]2N. The Morgan fingerprint density at radius 2 is 2.37 bits per heavy atom. The number of aromatic nitrogens is 1. The van der Waals surface area contributed by atoms with Crippen LogP contribution in [0.25, 0.3) is 0 Å². The molecule has 3 rings (SSSR count). The Balaban J connectivity index is 1.93. The molecule has 0 bridgehead atoms. The molecule has 4 nitrogen and oxygen atoms in total. The standard InChI is InChI=1S/C13H13ClN2O2S/c1-17-7-2-3-8-9(15)5-11(18-10(8)4-7)13-16-6-12(14)19-13/h2-4,6,9,11H,5,15H2,1H3/t9-,11?/m0/s1. The fourth-order valence-corrected chi connectivity index (χ4v) is 3.15. The van der Waals surface area contributed by atoms with Crippen molar-refractivity contribution in [3.8, 4) is 11.5 Å². The molecular weight excluding hydrogens is 284 g/mol. The molecular formula is C13H13ClN2O2S. The van der Waals surface area contributed by atoms with Crippen molar-refractivity contribution in [2.45, 2.75) is 18.6 Å². The largest absolute Gasteiger partial charge is 0.497 e. The van der Waals surface area contributed by atoms with E-state index in [1.165, 1.54) is 11.3 Å². The number of fused-ring (bicyclic) bond motifs is 1. The molecule has 2 N–H and O–H groups in total. The number of hydrogen-bond donors (Lipinski definition) is 1. The normalized spacial score (nSPS) is 21.6. The fourth-order valence-electron chi connectivity index (χ4n) is 2.18. The molecule has 0 amide bonds. The van der Waals surface area contributed by atoms with Gasteiger partial charge in [-0.15, -0.1) is 11.3 Å². The maximum atomic E-state index is 6.20. The lowest BCUT2D eigenvalue weighted by molar-refractivity contribution is 0.160. The van der Waals surface area contributed by atoms with E-state index in [4.69, 9.17) is 26.8 Å². The van der Waals surface area contributed by atoms with Crippen molar-refractivity contribution in [2.75, 3.05) is 7.11 Å². The summed E-state index contributed by atoms with van der Waals surface area (Å²) in [6.45, 7) is 0. The van der Waals surface area contributed by atoms with E-state index in [1.54, 1.807) is 13.3 Å². The summed E-state index contributed by atoms with van der Waals surface area (Å²) in [6, 6.07) is 5.63. The lowest BCUT2D eigenvalue weighted by Gasteiger charge is -2.29. The first-order valence-electron chi connectivity index (χ1n) is 5.89. The van der Waals surface area contributed by atoms with Crippen LogP contribution in [-0.4, -0.2) is 12.1 Å². The van der Waals surface area contributed by atoms with Crippen LogP contribution >= 0.6 is 22.9 Å². The van der Waals surface area contributed by atoms with Gasteiger partial charge in [-0.1, -0.05) is 17.7 Å². The fraction of sp³-hybridized carbons (Fsp3) is 0.308. The van der Waals surface area contributed by atoms with Gasteiger partial charge in [0.2, 0.25) is 0 Å². The zero-order valence-corrected chi connectivity index (χ0v) is 11.9. The summed E-state index contributed by atoms with van der Waals surface area (Å²) in [7, 11) is 1.63. The minimum absolute atomic E-state index is 0.0673. The highest BCUT2D eigenvalue weighted by molar-refractivity contribution is 7.15. The lowest BCUT2D eigenvalue weighted by Crippen LogP contribution is -2.24. The van der Waals surface area contributed by atoms with Crippen molar-refractivity contribution in [3.05, 3.63) is 39.3 Å². The van der Waals surface area contributed by atoms with Gasteiger partial charge >= 0.3 is 0 Å². The highest BCUT2D eigenvalue weighted by atomic mass is 35.5. The zero-order valence-electron chi connectivity index (χ0n) is 10.3. The van der Waals surface area contributed by atoms with Gasteiger partial charge in [0, 0.05) is 24.1 Å². The Morgan fingerprint density at radius 1 is 1.53 bits per heavy atom. The van der Waals surface area contributed by atoms with E-state index in [9.17, 15) is 0 Å². The minimum Gasteiger partial charge on any atom is -0.497 e. The van der Waals surface area contributed by atoms with Crippen molar-refractivity contribution in [1.82, 2.24) is 4.98 Å². The van der Waals surface area contributed by atoms with Gasteiger partial charge in [-0.2, -0.15) is 0 Å². The van der Waals surface area contributed by atoms with Crippen LogP contribution in [0.3, 0.4) is 0 Å². The van der Waals surface area contributed by atoms with Gasteiger partial charge in [-0.25, -0.2) is 4.98 Å². The van der Waals surface area contributed by atoms with Gasteiger partial charge in [0.1, 0.15) is 20.8 Å². The molecule has 1 aliphatic rings. The molecule has 0 spiro atoms. The second-order valence-electron chi connectivity index (χ2n) is 4.36. The van der Waals surface area contributed by atoms with Gasteiger partial charge in [0.15, 0.2) is 6.10 Å². The van der Waals surface area contributed by atoms with Gasteiger partial charge < -0.3 is 15.2 Å². The second kappa shape index (κ2) is 5.00. The van der Waals surface area contributed by atoms with Gasteiger partial charge in [-0.05, 0) is 6.07 Å². The van der Waals surface area contributed by atoms with E-state index < -0.39 is 0 Å². The maximum absolute atomic E-state index is 6.20. The van der Waals surface area contributed by atoms with Gasteiger partial charge in [-0.3, -0.25) is 0 Å². The first kappa shape index (κ1) is 12.7. The van der Waals surface area contributed by atoms with Crippen molar-refractivity contribution >= 4 is 22.9 Å². The van der Waals surface area contributed by atoms with Gasteiger partial charge in [0.05, 0.1) is 13.3 Å². The molecule has 1 aliphatic heterocycles. The molecule has 1 unspecified atom stereocenters. The van der Waals surface area contributed by atoms with Crippen LogP contribution in [0.1, 0.15) is 29.1 Å². The molecule has 2 aromatic rings. The summed E-state index contributed by atoms with van der Waals surface area (Å²) in [5.74, 6) is 1.51. The highest BCUT2D eigenvalue weighted by Crippen LogP contribution is 2.42. The number of thiazole rings is 1. The number of nitrogens with zero attached hydrogens (tertiary/aromatic N) is 1. The topological polar surface area (TPSA) is 57.4 Å². The lowest BCUT2D eigenvalue weighted by atomic mass is 9.97. The quantitative estimate of drug-likeness (QED) is 0.923. The second-order valence-corrected chi connectivity index (χ2v) is 6.05. The smallest absolute Gasteiger partial charge is 0.152 e. The number of nitrogens with two attached hydrogens (primary N) is 1. The van der Waals surface area contributed by atoms with Crippen molar-refractivity contribution < 1.29 is 9.47 Å². The predicted octanol–water partition coefficient (Wildman–Crippen LogP) is 3.33. The van der Waals surface area contributed by atoms with E-state index in [1.807, 2.05) is 18.2 Å². The van der Waals surface area contributed by atoms with E-state index >= 15 is 0 Å². The molecule has 1 aromatic heterocycles. The molecule has 6 heteroatoms. The van der Waals surface area contributed by atoms with E-state index in [0.29, 0.717) is 10.8 Å². The molecule has 0 fully saturated rings. The Hall–Kier alpha value is -1.30. The van der Waals surface area contributed by atoms with Crippen LogP contribution < -0.4 is 15.2 Å². The first-order chi connectivity index (χ1) is 9.17. The van der Waals surface area contributed by atoms with E-state index in [2.05, 4.69) is 4.98 Å². The Kier molecular flexibility index (Phi) is 3.35. The summed E-state index contributed by atoms with van der Waals surface area (Å²) in [6.07, 6.45) is 2.19. The van der Waals surface area contributed by atoms with Gasteiger partial charge in [0.25, 0.3) is 0 Å². The Morgan fingerprint density at radius 3 is 3.05 bits per heavy atom. The number of methoxy groups -OCH3 is 1. The zero-order chi connectivity index (χ0) is 13.4. The van der Waals surface area contributed by atoms with Crippen LogP contribution in [0, 0.1) is 0 Å². The maximum Gasteiger partial charge on any atom is 0.152 e. The van der Waals surface area contributed by atoms with Crippen molar-refractivity contribution in [1.29, 1.82) is 0 Å². The van der Waals surface area contributed by atoms with Crippen LogP contribution in [-0.2, 0) is 0 Å². The molecule has 1 aromatic carbocycles. The number of rotatable bonds is 2. The number of benzene rings is 1. The van der Waals surface area contributed by atoms with Crippen LogP contribution in [0.2, 0.25) is 4.34 Å². The third-order valence-corrected chi connectivity index (χ3v) is 4.34. The van der Waals surface area contributed by atoms with E-state index in [-0.39, 0.29) is 12.1 Å². The van der Waals surface area contributed by atoms with Crippen molar-refractivity contribution in [3.63, 3.8) is 0 Å². The first-order valence-corrected chi connectivity index (χ1v) is 7.08. The summed E-state index contributed by atoms with van der Waals surface area (Å²) < 4.78 is 11.8. The third kappa shape index (κ3) is 2.41. The van der Waals surface area contributed by atoms with Crippen LogP contribution in [0.4, 0.5) is 0 Å². The highest BCUT2D eigenvalue weighted by Gasteiger charge is 2.29. The van der Waals surface area contributed by atoms with Crippen molar-refractivity contribution in [2.24, 2.45) is 5.73 Å². The average Bonchev–Trinajstić information content (AvgIpc) is 2.84. The molecule has 0 saturated heterocycles. The molecule has 2 heterocycles. The minimum atomic E-state index is -0.146. The van der Waals surface area contributed by atoms with Crippen LogP contribution in [0.5, 0.6) is 11.5 Å². The monoisotopic (exact) mass is 296 g/mol. The Labute approximate surface area is 120 Å². The molecule has 0 radical (unpaired) electrons. The number of ether oxygens (including phenoxy) is 2. The number of halogens is 1. The third-order valence-electron chi connectivity index (χ3n) is 3.13. The number of hydrogen-bond acceptors (Lipinski definition) is 5. The molecule has 19 heavy (non-hydrogen) atoms. The molecule has 2 atom stereocenters. The van der Waals surface area contributed by atoms with E-state index in [0.717, 1.165) is 22.1 Å². The summed E-state index contributed by atoms with van der Waals surface area (Å²) in [5, 5.41) is 0.855. The molecule has 100 valence electrons. The summed E-state index contributed by atoms with van der Waals surface area (Å²) in [5.41, 5.74) is 7.20. The molecule has 0 aliphatic carbocycles.